The molecule has 2 N–H and O–H groups in total. The second kappa shape index (κ2) is 10.8. The van der Waals surface area contributed by atoms with E-state index in [0.717, 1.165) is 27.4 Å². The molecule has 4 rings (SSSR count). The van der Waals surface area contributed by atoms with Crippen molar-refractivity contribution in [3.05, 3.63) is 95.3 Å². The normalized spacial score (nSPS) is 10.6. The summed E-state index contributed by atoms with van der Waals surface area (Å²) >= 11 is 1.46. The van der Waals surface area contributed by atoms with Crippen LogP contribution in [0.5, 0.6) is 0 Å². The van der Waals surface area contributed by atoms with Crippen LogP contribution in [0.1, 0.15) is 27.3 Å². The SMILES string of the molecule is Cc1cccc(C)c1NC(=O)CNC(=O)c1ccccc1SCc1nnnn1-c1ccccc1. The summed E-state index contributed by atoms with van der Waals surface area (Å²) in [6.07, 6.45) is 0. The van der Waals surface area contributed by atoms with Crippen molar-refractivity contribution in [3.63, 3.8) is 0 Å². The van der Waals surface area contributed by atoms with E-state index in [2.05, 4.69) is 26.2 Å². The molecule has 0 saturated heterocycles. The maximum absolute atomic E-state index is 12.9. The van der Waals surface area contributed by atoms with Crippen LogP contribution < -0.4 is 10.6 Å². The van der Waals surface area contributed by atoms with Gasteiger partial charge < -0.3 is 10.6 Å². The van der Waals surface area contributed by atoms with E-state index < -0.39 is 0 Å². The molecule has 0 aliphatic rings. The van der Waals surface area contributed by atoms with Crippen molar-refractivity contribution in [2.45, 2.75) is 24.5 Å². The number of hydrogen-bond donors (Lipinski definition) is 2. The monoisotopic (exact) mass is 472 g/mol. The van der Waals surface area contributed by atoms with Gasteiger partial charge in [0.1, 0.15) is 0 Å². The summed E-state index contributed by atoms with van der Waals surface area (Å²) in [5.41, 5.74) is 4.07. The Balaban J connectivity index is 1.39. The fourth-order valence-corrected chi connectivity index (χ4v) is 4.39. The summed E-state index contributed by atoms with van der Waals surface area (Å²) in [5, 5.41) is 17.6. The second-order valence-electron chi connectivity index (χ2n) is 7.62. The molecular formula is C25H24N6O2S. The summed E-state index contributed by atoms with van der Waals surface area (Å²) in [7, 11) is 0. The zero-order chi connectivity index (χ0) is 23.9. The molecule has 0 unspecified atom stereocenters. The summed E-state index contributed by atoms with van der Waals surface area (Å²) in [6, 6.07) is 22.7. The van der Waals surface area contributed by atoms with Gasteiger partial charge in [-0.15, -0.1) is 16.9 Å². The van der Waals surface area contributed by atoms with Crippen LogP contribution in [0, 0.1) is 13.8 Å². The average molecular weight is 473 g/mol. The number of anilines is 1. The first kappa shape index (κ1) is 23.2. The maximum atomic E-state index is 12.9. The highest BCUT2D eigenvalue weighted by atomic mass is 32.2. The van der Waals surface area contributed by atoms with Crippen molar-refractivity contribution in [2.24, 2.45) is 0 Å². The zero-order valence-corrected chi connectivity index (χ0v) is 19.7. The van der Waals surface area contributed by atoms with Gasteiger partial charge in [0.2, 0.25) is 5.91 Å². The van der Waals surface area contributed by atoms with Crippen LogP contribution in [0.2, 0.25) is 0 Å². The van der Waals surface area contributed by atoms with E-state index >= 15 is 0 Å². The lowest BCUT2D eigenvalue weighted by Gasteiger charge is -2.13. The molecule has 0 spiro atoms. The van der Waals surface area contributed by atoms with Gasteiger partial charge in [0.05, 0.1) is 23.5 Å². The maximum Gasteiger partial charge on any atom is 0.252 e. The third-order valence-electron chi connectivity index (χ3n) is 5.18. The highest BCUT2D eigenvalue weighted by Crippen LogP contribution is 2.26. The number of amides is 2. The Morgan fingerprint density at radius 2 is 1.62 bits per heavy atom. The van der Waals surface area contributed by atoms with Crippen molar-refractivity contribution >= 4 is 29.3 Å². The molecular weight excluding hydrogens is 448 g/mol. The Hall–Kier alpha value is -3.98. The zero-order valence-electron chi connectivity index (χ0n) is 18.9. The highest BCUT2D eigenvalue weighted by Gasteiger charge is 2.15. The lowest BCUT2D eigenvalue weighted by molar-refractivity contribution is -0.115. The lowest BCUT2D eigenvalue weighted by atomic mass is 10.1. The van der Waals surface area contributed by atoms with Crippen molar-refractivity contribution in [2.75, 3.05) is 11.9 Å². The molecule has 0 aliphatic carbocycles. The van der Waals surface area contributed by atoms with E-state index in [-0.39, 0.29) is 18.4 Å². The molecule has 9 heteroatoms. The van der Waals surface area contributed by atoms with E-state index in [0.29, 0.717) is 17.1 Å². The summed E-state index contributed by atoms with van der Waals surface area (Å²) in [6.45, 7) is 3.74. The van der Waals surface area contributed by atoms with Gasteiger partial charge in [-0.25, -0.2) is 0 Å². The van der Waals surface area contributed by atoms with Crippen LogP contribution in [0.25, 0.3) is 5.69 Å². The molecule has 1 aromatic heterocycles. The van der Waals surface area contributed by atoms with Gasteiger partial charge in [0.25, 0.3) is 5.91 Å². The minimum absolute atomic E-state index is 0.127. The number of para-hydroxylation sites is 2. The first-order valence-electron chi connectivity index (χ1n) is 10.7. The number of rotatable bonds is 8. The topological polar surface area (TPSA) is 102 Å². The van der Waals surface area contributed by atoms with Crippen molar-refractivity contribution in [1.29, 1.82) is 0 Å². The van der Waals surface area contributed by atoms with Crippen LogP contribution in [0.15, 0.2) is 77.7 Å². The number of thioether (sulfide) groups is 1. The van der Waals surface area contributed by atoms with E-state index in [1.807, 2.05) is 74.5 Å². The Morgan fingerprint density at radius 3 is 2.38 bits per heavy atom. The number of aryl methyl sites for hydroxylation is 2. The number of carbonyl (C=O) groups is 2. The fourth-order valence-electron chi connectivity index (χ4n) is 3.44. The van der Waals surface area contributed by atoms with E-state index in [9.17, 15) is 9.59 Å². The van der Waals surface area contributed by atoms with Gasteiger partial charge in [-0.1, -0.05) is 48.5 Å². The van der Waals surface area contributed by atoms with Gasteiger partial charge >= 0.3 is 0 Å². The third kappa shape index (κ3) is 5.49. The molecule has 2 amide bonds. The molecule has 0 radical (unpaired) electrons. The Labute approximate surface area is 201 Å². The molecule has 3 aromatic carbocycles. The predicted octanol–water partition coefficient (Wildman–Crippen LogP) is 3.94. The largest absolute Gasteiger partial charge is 0.343 e. The van der Waals surface area contributed by atoms with Crippen LogP contribution >= 0.6 is 11.8 Å². The third-order valence-corrected chi connectivity index (χ3v) is 6.25. The van der Waals surface area contributed by atoms with Crippen LogP contribution in [0.3, 0.4) is 0 Å². The summed E-state index contributed by atoms with van der Waals surface area (Å²) in [4.78, 5) is 26.1. The van der Waals surface area contributed by atoms with E-state index in [1.165, 1.54) is 11.8 Å². The highest BCUT2D eigenvalue weighted by molar-refractivity contribution is 7.98. The molecule has 8 nitrogen and oxygen atoms in total. The molecule has 34 heavy (non-hydrogen) atoms. The number of carbonyl (C=O) groups excluding carboxylic acids is 2. The molecule has 4 aromatic rings. The Morgan fingerprint density at radius 1 is 0.912 bits per heavy atom. The molecule has 0 fully saturated rings. The quantitative estimate of drug-likeness (QED) is 0.377. The van der Waals surface area contributed by atoms with E-state index in [4.69, 9.17) is 0 Å². The number of nitrogens with zero attached hydrogens (tertiary/aromatic N) is 4. The molecule has 0 atom stereocenters. The number of benzene rings is 3. The van der Waals surface area contributed by atoms with Crippen LogP contribution in [0.4, 0.5) is 5.69 Å². The first-order chi connectivity index (χ1) is 16.5. The number of tetrazole rings is 1. The summed E-state index contributed by atoms with van der Waals surface area (Å²) < 4.78 is 1.67. The van der Waals surface area contributed by atoms with Gasteiger partial charge in [0, 0.05) is 10.6 Å². The lowest BCUT2D eigenvalue weighted by Crippen LogP contribution is -2.33. The van der Waals surface area contributed by atoms with E-state index in [1.54, 1.807) is 16.8 Å². The van der Waals surface area contributed by atoms with Crippen LogP contribution in [-0.2, 0) is 10.5 Å². The molecule has 0 bridgehead atoms. The average Bonchev–Trinajstić information content (AvgIpc) is 3.33. The van der Waals surface area contributed by atoms with Gasteiger partial charge in [-0.3, -0.25) is 9.59 Å². The molecule has 1 heterocycles. The van der Waals surface area contributed by atoms with Crippen molar-refractivity contribution in [3.8, 4) is 5.69 Å². The summed E-state index contributed by atoms with van der Waals surface area (Å²) in [5.74, 6) is 0.541. The number of aromatic nitrogens is 4. The van der Waals surface area contributed by atoms with Gasteiger partial charge in [-0.2, -0.15) is 4.68 Å². The van der Waals surface area contributed by atoms with Crippen molar-refractivity contribution < 1.29 is 9.59 Å². The standard InChI is InChI=1S/C25H24N6O2S/c1-17-9-8-10-18(2)24(17)27-23(32)15-26-25(33)20-13-6-7-14-21(20)34-16-22-28-29-30-31(22)19-11-4-3-5-12-19/h3-14H,15-16H2,1-2H3,(H,26,33)(H,27,32). The Kier molecular flexibility index (Phi) is 7.34. The van der Waals surface area contributed by atoms with Gasteiger partial charge in [0.15, 0.2) is 5.82 Å². The Bertz CT molecular complexity index is 1290. The number of nitrogens with one attached hydrogen (secondary N) is 2. The molecule has 0 saturated carbocycles. The second-order valence-corrected chi connectivity index (χ2v) is 8.64. The fraction of sp³-hybridized carbons (Fsp3) is 0.160. The minimum atomic E-state index is -0.317. The minimum Gasteiger partial charge on any atom is -0.343 e. The number of hydrogen-bond acceptors (Lipinski definition) is 6. The van der Waals surface area contributed by atoms with Crippen molar-refractivity contribution in [1.82, 2.24) is 25.5 Å². The molecule has 172 valence electrons. The predicted molar refractivity (Wildman–Crippen MR) is 132 cm³/mol. The first-order valence-corrected chi connectivity index (χ1v) is 11.7. The van der Waals surface area contributed by atoms with Gasteiger partial charge in [-0.05, 0) is 59.7 Å². The van der Waals surface area contributed by atoms with Crippen LogP contribution in [-0.4, -0.2) is 38.6 Å². The molecule has 0 aliphatic heterocycles. The smallest absolute Gasteiger partial charge is 0.252 e.